The Balaban J connectivity index is 1.41. The molecule has 5 aliphatic rings. The van der Waals surface area contributed by atoms with Gasteiger partial charge < -0.3 is 72.1 Å². The second kappa shape index (κ2) is 15.6. The van der Waals surface area contributed by atoms with E-state index < -0.39 is 103 Å². The predicted molar refractivity (Wildman–Crippen MR) is 175 cm³/mol. The van der Waals surface area contributed by atoms with Crippen molar-refractivity contribution in [2.45, 2.75) is 99.8 Å². The molecule has 17 atom stereocenters. The molecule has 2 heterocycles. The number of nitrogens with one attached hydrogen (secondary N) is 2. The highest BCUT2D eigenvalue weighted by Crippen LogP contribution is 2.52. The normalized spacial score (nSPS) is 48.5. The number of guanidine groups is 1. The van der Waals surface area contributed by atoms with E-state index in [9.17, 15) is 45.3 Å². The van der Waals surface area contributed by atoms with Crippen molar-refractivity contribution in [1.82, 2.24) is 10.6 Å². The van der Waals surface area contributed by atoms with E-state index in [-0.39, 0.29) is 49.1 Å². The van der Waals surface area contributed by atoms with Crippen LogP contribution in [0, 0.1) is 47.3 Å². The topological polar surface area (TPSA) is 292 Å². The number of fused-ring (bicyclic) bond motifs is 2. The molecular formula is C33H57N5O12. The number of Topliss-reactive ketones (excluding diaryl/α,β-unsaturated/α-hetero) is 2. The van der Waals surface area contributed by atoms with Crippen LogP contribution >= 0.6 is 0 Å². The molecule has 3 aliphatic carbocycles. The van der Waals surface area contributed by atoms with Crippen LogP contribution in [0.2, 0.25) is 0 Å². The number of hydrogen-bond donors (Lipinski definition) is 11. The van der Waals surface area contributed by atoms with E-state index >= 15 is 0 Å². The lowest BCUT2D eigenvalue weighted by molar-refractivity contribution is -0.436. The predicted octanol–water partition coefficient (Wildman–Crippen LogP) is -3.88. The lowest BCUT2D eigenvalue weighted by atomic mass is 9.51. The fourth-order valence-electron chi connectivity index (χ4n) is 9.53. The van der Waals surface area contributed by atoms with Crippen LogP contribution in [0.4, 0.5) is 0 Å². The first-order chi connectivity index (χ1) is 23.7. The lowest BCUT2D eigenvalue weighted by Crippen LogP contribution is -2.74. The van der Waals surface area contributed by atoms with Crippen LogP contribution in [0.15, 0.2) is 4.99 Å². The highest BCUT2D eigenvalue weighted by molar-refractivity contribution is 6.01. The average Bonchev–Trinajstić information content (AvgIpc) is 3.10. The minimum Gasteiger partial charge on any atom is -0.396 e. The van der Waals surface area contributed by atoms with Crippen molar-refractivity contribution in [2.75, 3.05) is 40.5 Å². The van der Waals surface area contributed by atoms with Gasteiger partial charge in [-0.1, -0.05) is 6.92 Å². The Bertz CT molecular complexity index is 1250. The number of ether oxygens (including phenoxy) is 3. The van der Waals surface area contributed by atoms with E-state index in [0.29, 0.717) is 25.8 Å². The maximum Gasteiger partial charge on any atom is 0.224 e. The second-order valence-electron chi connectivity index (χ2n) is 15.2. The highest BCUT2D eigenvalue weighted by Gasteiger charge is 2.66. The van der Waals surface area contributed by atoms with Crippen molar-refractivity contribution in [2.24, 2.45) is 63.8 Å². The molecule has 0 aromatic heterocycles. The number of nitrogens with zero attached hydrogens (tertiary/aromatic N) is 1. The molecule has 0 aromatic carbocycles. The highest BCUT2D eigenvalue weighted by atomic mass is 16.8. The number of hydrogen-bond acceptors (Lipinski definition) is 15. The van der Waals surface area contributed by atoms with Gasteiger partial charge in [0.25, 0.3) is 0 Å². The van der Waals surface area contributed by atoms with Crippen LogP contribution in [0.3, 0.4) is 0 Å². The number of piperidine rings is 1. The number of rotatable bonds is 10. The van der Waals surface area contributed by atoms with E-state index in [2.05, 4.69) is 15.6 Å². The van der Waals surface area contributed by atoms with Crippen molar-refractivity contribution in [1.29, 1.82) is 0 Å². The molecule has 5 rings (SSSR count). The largest absolute Gasteiger partial charge is 0.396 e. The van der Waals surface area contributed by atoms with Crippen molar-refractivity contribution >= 4 is 17.5 Å². The zero-order chi connectivity index (χ0) is 36.7. The Hall–Kier alpha value is -1.87. The average molecular weight is 716 g/mol. The molecule has 2 aliphatic heterocycles. The van der Waals surface area contributed by atoms with Crippen LogP contribution in [0.25, 0.3) is 0 Å². The Kier molecular flexibility index (Phi) is 12.3. The number of carbonyl (C=O) groups excluding carboxylic acids is 2. The van der Waals surface area contributed by atoms with Crippen LogP contribution < -0.4 is 22.1 Å². The van der Waals surface area contributed by atoms with Gasteiger partial charge in [0.15, 0.2) is 12.2 Å². The van der Waals surface area contributed by atoms with Gasteiger partial charge in [-0.25, -0.2) is 0 Å². The summed E-state index contributed by atoms with van der Waals surface area (Å²) < 4.78 is 17.5. The molecule has 0 radical (unpaired) electrons. The van der Waals surface area contributed by atoms with E-state index in [4.69, 9.17) is 25.7 Å². The monoisotopic (exact) mass is 715 g/mol. The number of nitrogens with two attached hydrogens (primary N) is 2. The summed E-state index contributed by atoms with van der Waals surface area (Å²) in [6, 6.07) is 0. The van der Waals surface area contributed by atoms with Gasteiger partial charge >= 0.3 is 0 Å². The summed E-state index contributed by atoms with van der Waals surface area (Å²) in [5.74, 6) is -8.98. The minimum atomic E-state index is -2.79. The third kappa shape index (κ3) is 6.97. The fraction of sp³-hybridized carbons (Fsp3) is 0.909. The number of aliphatic hydroxyl groups excluding tert-OH is 5. The first-order valence-electron chi connectivity index (χ1n) is 17.7. The molecule has 5 fully saturated rings. The Morgan fingerprint density at radius 1 is 1.04 bits per heavy atom. The zero-order valence-electron chi connectivity index (χ0n) is 29.0. The molecule has 0 aromatic rings. The van der Waals surface area contributed by atoms with Gasteiger partial charge in [-0.05, 0) is 50.5 Å². The van der Waals surface area contributed by atoms with Gasteiger partial charge in [-0.15, -0.1) is 0 Å². The molecule has 17 nitrogen and oxygen atoms in total. The van der Waals surface area contributed by atoms with Gasteiger partial charge in [0, 0.05) is 57.4 Å². The third-order valence-corrected chi connectivity index (χ3v) is 12.5. The number of aliphatic hydroxyl groups is 7. The Morgan fingerprint density at radius 2 is 1.76 bits per heavy atom. The summed E-state index contributed by atoms with van der Waals surface area (Å²) in [7, 11) is 2.91. The van der Waals surface area contributed by atoms with Gasteiger partial charge in [0.1, 0.15) is 36.0 Å². The van der Waals surface area contributed by atoms with Gasteiger partial charge in [0.05, 0.1) is 36.3 Å². The van der Waals surface area contributed by atoms with E-state index in [1.807, 2.05) is 6.92 Å². The molecule has 0 bridgehead atoms. The fourth-order valence-corrected chi connectivity index (χ4v) is 9.53. The summed E-state index contributed by atoms with van der Waals surface area (Å²) in [6.07, 6.45) is -7.72. The van der Waals surface area contributed by atoms with Gasteiger partial charge in [-0.3, -0.25) is 14.6 Å². The number of carbonyl (C=O) groups is 2. The maximum atomic E-state index is 14.5. The first kappa shape index (κ1) is 39.3. The van der Waals surface area contributed by atoms with Crippen LogP contribution in [0.1, 0.15) is 45.4 Å². The summed E-state index contributed by atoms with van der Waals surface area (Å²) in [4.78, 5) is 32.7. The van der Waals surface area contributed by atoms with E-state index in [1.54, 1.807) is 0 Å². The van der Waals surface area contributed by atoms with Gasteiger partial charge in [0.2, 0.25) is 5.79 Å². The number of aliphatic imine (C=N–C) groups is 1. The molecular weight excluding hydrogens is 658 g/mol. The standard InChI is InChI=1S/C33H57N5O12/c1-14-8-16-23(26(42)17(14)11-38-31(35)36-2)27(43)24-20(10-19(48-3)18(12-39)22(24)25(16)41)49-30-28(44)29(45)32(46,33(47,13-40)50-30)6-4-15-5-7-37-21(34)9-15/h14-24,26,28-30,37,39-40,42,44-47H,4-13,34H2,1-3H3,(H3,35,36,38). The lowest BCUT2D eigenvalue weighted by Gasteiger charge is -2.56. The molecule has 17 heteroatoms. The number of methoxy groups -OCH3 is 1. The molecule has 0 spiro atoms. The van der Waals surface area contributed by atoms with E-state index in [1.165, 1.54) is 14.2 Å². The summed E-state index contributed by atoms with van der Waals surface area (Å²) in [6.45, 7) is 1.11. The summed E-state index contributed by atoms with van der Waals surface area (Å²) in [5.41, 5.74) is 9.31. The molecule has 13 N–H and O–H groups in total. The SMILES string of the molecule is CN=C(N)NCC1C(C)CC2C(=O)C3C(CO)C(OC)CC(OC4OC(O)(CO)C(O)(CCC5CCNC(N)C5)C(O)C4O)C3C(=O)C2C1O. The molecule has 286 valence electrons. The first-order valence-corrected chi connectivity index (χ1v) is 17.7. The zero-order valence-corrected chi connectivity index (χ0v) is 29.0. The van der Waals surface area contributed by atoms with Crippen molar-refractivity contribution in [3.05, 3.63) is 0 Å². The minimum absolute atomic E-state index is 0.0328. The quantitative estimate of drug-likeness (QED) is 0.0762. The van der Waals surface area contributed by atoms with Crippen LogP contribution in [-0.2, 0) is 23.8 Å². The maximum absolute atomic E-state index is 14.5. The third-order valence-electron chi connectivity index (χ3n) is 12.5. The molecule has 0 amide bonds. The van der Waals surface area contributed by atoms with Gasteiger partial charge in [-0.2, -0.15) is 0 Å². The smallest absolute Gasteiger partial charge is 0.224 e. The van der Waals surface area contributed by atoms with E-state index in [0.717, 1.165) is 6.42 Å². The Morgan fingerprint density at radius 3 is 2.38 bits per heavy atom. The van der Waals surface area contributed by atoms with Crippen LogP contribution in [-0.4, -0.2) is 148 Å². The Labute approximate surface area is 291 Å². The summed E-state index contributed by atoms with van der Waals surface area (Å²) >= 11 is 0. The van der Waals surface area contributed by atoms with Crippen molar-refractivity contribution < 1.29 is 59.5 Å². The molecule has 3 saturated carbocycles. The summed E-state index contributed by atoms with van der Waals surface area (Å²) in [5, 5.41) is 84.1. The molecule has 2 saturated heterocycles. The van der Waals surface area contributed by atoms with Crippen LogP contribution in [0.5, 0.6) is 0 Å². The van der Waals surface area contributed by atoms with Crippen molar-refractivity contribution in [3.63, 3.8) is 0 Å². The molecule has 50 heavy (non-hydrogen) atoms. The number of ketones is 2. The second-order valence-corrected chi connectivity index (χ2v) is 15.2. The molecule has 17 unspecified atom stereocenters. The van der Waals surface area contributed by atoms with Crippen molar-refractivity contribution in [3.8, 4) is 0 Å².